The molecule has 0 radical (unpaired) electrons. The number of halogens is 2. The molecule has 1 aromatic heterocycles. The topological polar surface area (TPSA) is 46.9 Å². The molecule has 7 heteroatoms. The van der Waals surface area contributed by atoms with Crippen LogP contribution in [0.2, 0.25) is 10.0 Å². The minimum atomic E-state index is -0.120. The zero-order valence-corrected chi connectivity index (χ0v) is 15.7. The van der Waals surface area contributed by atoms with Crippen molar-refractivity contribution in [1.29, 1.82) is 0 Å². The summed E-state index contributed by atoms with van der Waals surface area (Å²) in [6.45, 7) is 1.92. The molecule has 0 atom stereocenters. The molecule has 0 aliphatic rings. The van der Waals surface area contributed by atoms with Gasteiger partial charge in [0.2, 0.25) is 5.91 Å². The molecule has 0 saturated carbocycles. The molecule has 0 fully saturated rings. The van der Waals surface area contributed by atoms with E-state index in [2.05, 4.69) is 10.3 Å². The maximum absolute atomic E-state index is 12.2. The van der Waals surface area contributed by atoms with Crippen molar-refractivity contribution in [2.75, 3.05) is 11.1 Å². The van der Waals surface area contributed by atoms with Crippen LogP contribution < -0.4 is 5.32 Å². The van der Waals surface area contributed by atoms with Crippen LogP contribution in [-0.4, -0.2) is 21.2 Å². The number of aromatic nitrogens is 2. The van der Waals surface area contributed by atoms with Crippen molar-refractivity contribution in [2.45, 2.75) is 12.1 Å². The summed E-state index contributed by atoms with van der Waals surface area (Å²) in [6.07, 6.45) is 3.53. The minimum Gasteiger partial charge on any atom is -0.325 e. The number of hydrogen-bond donors (Lipinski definition) is 1. The van der Waals surface area contributed by atoms with E-state index in [1.54, 1.807) is 12.3 Å². The predicted molar refractivity (Wildman–Crippen MR) is 104 cm³/mol. The van der Waals surface area contributed by atoms with Crippen molar-refractivity contribution >= 4 is 46.6 Å². The molecule has 128 valence electrons. The van der Waals surface area contributed by atoms with E-state index in [0.717, 1.165) is 16.4 Å². The zero-order chi connectivity index (χ0) is 17.8. The SMILES string of the molecule is Cc1ccc(NC(=O)CSc2nccn2-c2cccc(Cl)c2)cc1Cl. The van der Waals surface area contributed by atoms with Crippen molar-refractivity contribution < 1.29 is 4.79 Å². The summed E-state index contributed by atoms with van der Waals surface area (Å²) in [7, 11) is 0. The second kappa shape index (κ2) is 7.95. The van der Waals surface area contributed by atoms with Gasteiger partial charge in [-0.1, -0.05) is 47.1 Å². The molecule has 1 amide bonds. The number of rotatable bonds is 5. The van der Waals surface area contributed by atoms with Gasteiger partial charge in [-0.25, -0.2) is 4.98 Å². The average molecular weight is 392 g/mol. The molecule has 0 saturated heterocycles. The van der Waals surface area contributed by atoms with Crippen LogP contribution in [0.5, 0.6) is 0 Å². The maximum atomic E-state index is 12.2. The number of hydrogen-bond acceptors (Lipinski definition) is 3. The summed E-state index contributed by atoms with van der Waals surface area (Å²) < 4.78 is 1.90. The summed E-state index contributed by atoms with van der Waals surface area (Å²) in [5.41, 5.74) is 2.55. The number of carbonyl (C=O) groups excluding carboxylic acids is 1. The van der Waals surface area contributed by atoms with E-state index in [1.807, 2.05) is 54.1 Å². The third-order valence-corrected chi connectivity index (χ3v) is 5.09. The minimum absolute atomic E-state index is 0.120. The average Bonchev–Trinajstić information content (AvgIpc) is 3.05. The quantitative estimate of drug-likeness (QED) is 0.606. The molecule has 0 bridgehead atoms. The fraction of sp³-hybridized carbons (Fsp3) is 0.111. The molecular weight excluding hydrogens is 377 g/mol. The molecule has 1 heterocycles. The van der Waals surface area contributed by atoms with Crippen LogP contribution in [0.25, 0.3) is 5.69 Å². The van der Waals surface area contributed by atoms with E-state index >= 15 is 0 Å². The number of benzene rings is 2. The van der Waals surface area contributed by atoms with Crippen molar-refractivity contribution in [3.05, 3.63) is 70.5 Å². The Morgan fingerprint density at radius 3 is 2.84 bits per heavy atom. The van der Waals surface area contributed by atoms with Gasteiger partial charge in [0.1, 0.15) is 0 Å². The van der Waals surface area contributed by atoms with E-state index in [-0.39, 0.29) is 11.7 Å². The summed E-state index contributed by atoms with van der Waals surface area (Å²) in [5.74, 6) is 0.119. The summed E-state index contributed by atoms with van der Waals surface area (Å²) in [5, 5.41) is 4.84. The second-order valence-electron chi connectivity index (χ2n) is 5.36. The molecule has 0 aliphatic heterocycles. The Morgan fingerprint density at radius 1 is 1.24 bits per heavy atom. The predicted octanol–water partition coefficient (Wildman–Crippen LogP) is 5.22. The first-order valence-electron chi connectivity index (χ1n) is 7.51. The Balaban J connectivity index is 1.65. The molecule has 0 spiro atoms. The lowest BCUT2D eigenvalue weighted by atomic mass is 10.2. The van der Waals surface area contributed by atoms with Gasteiger partial charge in [-0.2, -0.15) is 0 Å². The van der Waals surface area contributed by atoms with Crippen LogP contribution in [0, 0.1) is 6.92 Å². The lowest BCUT2D eigenvalue weighted by Crippen LogP contribution is -2.14. The molecule has 2 aromatic carbocycles. The van der Waals surface area contributed by atoms with Crippen LogP contribution >= 0.6 is 35.0 Å². The lowest BCUT2D eigenvalue weighted by molar-refractivity contribution is -0.113. The van der Waals surface area contributed by atoms with Crippen LogP contribution in [0.1, 0.15) is 5.56 Å². The van der Waals surface area contributed by atoms with Gasteiger partial charge >= 0.3 is 0 Å². The third kappa shape index (κ3) is 4.57. The van der Waals surface area contributed by atoms with Gasteiger partial charge in [-0.3, -0.25) is 9.36 Å². The van der Waals surface area contributed by atoms with E-state index < -0.39 is 0 Å². The highest BCUT2D eigenvalue weighted by molar-refractivity contribution is 7.99. The number of anilines is 1. The molecule has 4 nitrogen and oxygen atoms in total. The number of amides is 1. The number of imidazole rings is 1. The van der Waals surface area contributed by atoms with Crippen LogP contribution in [0.4, 0.5) is 5.69 Å². The first-order chi connectivity index (χ1) is 12.0. The normalized spacial score (nSPS) is 10.7. The summed E-state index contributed by atoms with van der Waals surface area (Å²) >= 11 is 13.5. The Bertz CT molecular complexity index is 911. The first kappa shape index (κ1) is 17.9. The number of nitrogens with zero attached hydrogens (tertiary/aromatic N) is 2. The summed E-state index contributed by atoms with van der Waals surface area (Å²) in [6, 6.07) is 12.9. The van der Waals surface area contributed by atoms with Crippen molar-refractivity contribution in [1.82, 2.24) is 9.55 Å². The maximum Gasteiger partial charge on any atom is 0.234 e. The van der Waals surface area contributed by atoms with Gasteiger partial charge in [0.15, 0.2) is 5.16 Å². The number of carbonyl (C=O) groups is 1. The monoisotopic (exact) mass is 391 g/mol. The Hall–Kier alpha value is -1.95. The largest absolute Gasteiger partial charge is 0.325 e. The Morgan fingerprint density at radius 2 is 2.08 bits per heavy atom. The fourth-order valence-corrected chi connectivity index (χ4v) is 3.35. The van der Waals surface area contributed by atoms with E-state index in [0.29, 0.717) is 15.7 Å². The van der Waals surface area contributed by atoms with E-state index in [4.69, 9.17) is 23.2 Å². The molecular formula is C18H15Cl2N3OS. The fourth-order valence-electron chi connectivity index (χ4n) is 2.22. The van der Waals surface area contributed by atoms with Crippen molar-refractivity contribution in [3.63, 3.8) is 0 Å². The molecule has 1 N–H and O–H groups in total. The second-order valence-corrected chi connectivity index (χ2v) is 7.15. The highest BCUT2D eigenvalue weighted by Crippen LogP contribution is 2.23. The highest BCUT2D eigenvalue weighted by atomic mass is 35.5. The smallest absolute Gasteiger partial charge is 0.234 e. The van der Waals surface area contributed by atoms with Gasteiger partial charge in [-0.15, -0.1) is 0 Å². The molecule has 3 aromatic rings. The number of nitrogens with one attached hydrogen (secondary N) is 1. The van der Waals surface area contributed by atoms with Gasteiger partial charge < -0.3 is 5.32 Å². The van der Waals surface area contributed by atoms with Crippen molar-refractivity contribution in [3.8, 4) is 5.69 Å². The molecule has 0 aliphatic carbocycles. The van der Waals surface area contributed by atoms with Crippen LogP contribution in [0.3, 0.4) is 0 Å². The van der Waals surface area contributed by atoms with Gasteiger partial charge in [-0.05, 0) is 42.8 Å². The van der Waals surface area contributed by atoms with Crippen LogP contribution in [-0.2, 0) is 4.79 Å². The van der Waals surface area contributed by atoms with Crippen LogP contribution in [0.15, 0.2) is 60.0 Å². The van der Waals surface area contributed by atoms with E-state index in [9.17, 15) is 4.79 Å². The first-order valence-corrected chi connectivity index (χ1v) is 9.25. The summed E-state index contributed by atoms with van der Waals surface area (Å²) in [4.78, 5) is 16.5. The standard InChI is InChI=1S/C18H15Cl2N3OS/c1-12-5-6-14(10-16(12)20)22-17(24)11-25-18-21-7-8-23(18)15-4-2-3-13(19)9-15/h2-10H,11H2,1H3,(H,22,24). The number of thioether (sulfide) groups is 1. The third-order valence-electron chi connectivity index (χ3n) is 3.48. The lowest BCUT2D eigenvalue weighted by Gasteiger charge is -2.09. The number of aryl methyl sites for hydroxylation is 1. The van der Waals surface area contributed by atoms with E-state index in [1.165, 1.54) is 11.8 Å². The molecule has 3 rings (SSSR count). The van der Waals surface area contributed by atoms with Gasteiger partial charge in [0, 0.05) is 33.8 Å². The van der Waals surface area contributed by atoms with Crippen molar-refractivity contribution in [2.24, 2.45) is 0 Å². The Labute approximate surface area is 160 Å². The zero-order valence-electron chi connectivity index (χ0n) is 13.4. The Kier molecular flexibility index (Phi) is 5.68. The highest BCUT2D eigenvalue weighted by Gasteiger charge is 2.10. The molecule has 0 unspecified atom stereocenters. The van der Waals surface area contributed by atoms with Gasteiger partial charge in [0.05, 0.1) is 5.75 Å². The van der Waals surface area contributed by atoms with Gasteiger partial charge in [0.25, 0.3) is 0 Å². The molecule has 25 heavy (non-hydrogen) atoms.